The van der Waals surface area contributed by atoms with Crippen molar-refractivity contribution in [1.82, 2.24) is 14.1 Å². The number of para-hydroxylation sites is 3. The van der Waals surface area contributed by atoms with E-state index in [1.54, 1.807) is 27.3 Å². The van der Waals surface area contributed by atoms with E-state index in [0.29, 0.717) is 34.1 Å². The molecule has 0 saturated carbocycles. The zero-order valence-electron chi connectivity index (χ0n) is 43.8. The van der Waals surface area contributed by atoms with Gasteiger partial charge in [-0.3, -0.25) is 13.7 Å². The molecule has 7 aromatic carbocycles. The van der Waals surface area contributed by atoms with Gasteiger partial charge >= 0.3 is 0 Å². The van der Waals surface area contributed by atoms with Crippen LogP contribution in [0.4, 0.5) is 0 Å². The molecule has 10 rings (SSSR count). The third kappa shape index (κ3) is 6.62. The van der Waals surface area contributed by atoms with Gasteiger partial charge in [0.15, 0.2) is 0 Å². The topological polar surface area (TPSA) is 35.9 Å². The highest BCUT2D eigenvalue weighted by Crippen LogP contribution is 2.39. The van der Waals surface area contributed by atoms with Gasteiger partial charge in [0.25, 0.3) is 6.33 Å². The van der Waals surface area contributed by atoms with Crippen molar-refractivity contribution in [3.8, 4) is 50.9 Å². The number of fused-ring (bicyclic) bond motifs is 4. The minimum absolute atomic E-state index is 0.0609. The van der Waals surface area contributed by atoms with Crippen LogP contribution in [0.25, 0.3) is 72.3 Å². The standard InChI is InChI=1S/C55H46N4O/c1-37(2)40-30-31-56-53(32-40)59-49-29-26-41(55(3,4)5)33-48(49)47-28-27-44(35-52(47)59)60-43-21-14-20-42(34-43)57-36-58(51-25-13-12-24-50(51)57)54-45(38-16-8-6-9-17-38)22-15-23-46(54)39-18-10-7-11-19-39/h6-35,37H,1-5H3/i6D,7D,8D,9D,10D,11D,16D,17D,18D,19D. The highest BCUT2D eigenvalue weighted by Gasteiger charge is 2.22. The van der Waals surface area contributed by atoms with Gasteiger partial charge in [0.2, 0.25) is 0 Å². The molecule has 292 valence electrons. The van der Waals surface area contributed by atoms with Gasteiger partial charge in [-0.05, 0) is 99.3 Å². The van der Waals surface area contributed by atoms with Gasteiger partial charge in [0, 0.05) is 23.0 Å². The molecular weight excluding hydrogens is 733 g/mol. The van der Waals surface area contributed by atoms with Crippen molar-refractivity contribution in [2.45, 2.75) is 46.0 Å². The number of hydrogen-bond acceptors (Lipinski definition) is 2. The van der Waals surface area contributed by atoms with Crippen molar-refractivity contribution in [3.05, 3.63) is 199 Å². The number of pyridine rings is 1. The fourth-order valence-electron chi connectivity index (χ4n) is 7.89. The average Bonchev–Trinajstić information content (AvgIpc) is 3.89. The zero-order chi connectivity index (χ0) is 49.7. The van der Waals surface area contributed by atoms with E-state index in [9.17, 15) is 0 Å². The second-order valence-electron chi connectivity index (χ2n) is 16.2. The molecule has 0 N–H and O–H groups in total. The molecule has 60 heavy (non-hydrogen) atoms. The monoisotopic (exact) mass is 788 g/mol. The molecule has 3 aromatic heterocycles. The molecular formula is C55H46N4O. The lowest BCUT2D eigenvalue weighted by Gasteiger charge is -2.19. The van der Waals surface area contributed by atoms with Crippen molar-refractivity contribution in [3.63, 3.8) is 0 Å². The molecule has 0 saturated heterocycles. The summed E-state index contributed by atoms with van der Waals surface area (Å²) in [4.78, 5) is 4.86. The second-order valence-corrected chi connectivity index (χ2v) is 16.2. The van der Waals surface area contributed by atoms with Gasteiger partial charge in [-0.15, -0.1) is 0 Å². The number of benzene rings is 7. The summed E-state index contributed by atoms with van der Waals surface area (Å²) < 4.78 is 99.3. The molecule has 3 heterocycles. The molecule has 0 unspecified atom stereocenters. The van der Waals surface area contributed by atoms with E-state index >= 15 is 0 Å². The van der Waals surface area contributed by atoms with Crippen LogP contribution < -0.4 is 9.30 Å². The smallest absolute Gasteiger partial charge is 0.269 e. The largest absolute Gasteiger partial charge is 0.458 e. The van der Waals surface area contributed by atoms with Crippen molar-refractivity contribution in [2.24, 2.45) is 0 Å². The Kier molecular flexibility index (Phi) is 6.79. The van der Waals surface area contributed by atoms with E-state index in [2.05, 4.69) is 75.8 Å². The van der Waals surface area contributed by atoms with Gasteiger partial charge in [0.05, 0.1) is 47.1 Å². The zero-order valence-corrected chi connectivity index (χ0v) is 33.8. The van der Waals surface area contributed by atoms with E-state index in [-0.39, 0.29) is 33.4 Å². The van der Waals surface area contributed by atoms with Crippen molar-refractivity contribution in [1.29, 1.82) is 0 Å². The summed E-state index contributed by atoms with van der Waals surface area (Å²) in [7, 11) is 0. The van der Waals surface area contributed by atoms with Crippen molar-refractivity contribution < 1.29 is 23.0 Å². The minimum atomic E-state index is -0.564. The summed E-state index contributed by atoms with van der Waals surface area (Å²) in [5.74, 6) is 2.23. The SMILES string of the molecule is [2H]c1c([2H])c([2H])c(-c2cccc(-c3c([2H])c([2H])c([2H])c([2H])c3[2H])c2-[n+]2[c-]n(-c3cccc(Oc4ccc5c6cc(C(C)(C)C)ccc6n(-c6cc(C(C)C)ccn6)c5c4)c3)c3ccccc32)c([2H])c1[2H]. The maximum Gasteiger partial charge on any atom is 0.269 e. The molecule has 0 fully saturated rings. The molecule has 0 atom stereocenters. The predicted molar refractivity (Wildman–Crippen MR) is 246 cm³/mol. The van der Waals surface area contributed by atoms with E-state index < -0.39 is 60.4 Å². The van der Waals surface area contributed by atoms with Crippen LogP contribution >= 0.6 is 0 Å². The highest BCUT2D eigenvalue weighted by atomic mass is 16.5. The van der Waals surface area contributed by atoms with E-state index in [4.69, 9.17) is 23.4 Å². The lowest BCUT2D eigenvalue weighted by atomic mass is 9.86. The number of imidazole rings is 1. The van der Waals surface area contributed by atoms with Crippen molar-refractivity contribution >= 4 is 32.8 Å². The second kappa shape index (κ2) is 14.9. The Labute approximate surface area is 365 Å². The van der Waals surface area contributed by atoms with Gasteiger partial charge in [-0.1, -0.05) is 150 Å². The van der Waals surface area contributed by atoms with Crippen LogP contribution in [-0.4, -0.2) is 14.1 Å². The molecule has 0 aliphatic carbocycles. The molecule has 5 nitrogen and oxygen atoms in total. The van der Waals surface area contributed by atoms with Crippen LogP contribution in [0, 0.1) is 6.33 Å². The Bertz CT molecular complexity index is 3650. The summed E-state index contributed by atoms with van der Waals surface area (Å²) in [6.45, 7) is 11.0. The first-order valence-electron chi connectivity index (χ1n) is 24.9. The Morgan fingerprint density at radius 3 is 2.07 bits per heavy atom. The average molecular weight is 789 g/mol. The highest BCUT2D eigenvalue weighted by molar-refractivity contribution is 6.09. The minimum Gasteiger partial charge on any atom is -0.458 e. The fourth-order valence-corrected chi connectivity index (χ4v) is 7.89. The quantitative estimate of drug-likeness (QED) is 0.114. The molecule has 0 bridgehead atoms. The lowest BCUT2D eigenvalue weighted by molar-refractivity contribution is -0.571. The Morgan fingerprint density at radius 1 is 0.650 bits per heavy atom. The number of rotatable bonds is 8. The first-order chi connectivity index (χ1) is 33.3. The molecule has 5 heteroatoms. The van der Waals surface area contributed by atoms with Gasteiger partial charge in [0.1, 0.15) is 17.3 Å². The van der Waals surface area contributed by atoms with E-state index in [1.165, 1.54) is 11.1 Å². The number of hydrogen-bond donors (Lipinski definition) is 0. The van der Waals surface area contributed by atoms with E-state index in [0.717, 1.165) is 27.6 Å². The lowest BCUT2D eigenvalue weighted by Crippen LogP contribution is -2.31. The normalized spacial score (nSPS) is 14.2. The molecule has 0 radical (unpaired) electrons. The maximum absolute atomic E-state index is 9.01. The summed E-state index contributed by atoms with van der Waals surface area (Å²) in [6, 6.07) is 31.4. The van der Waals surface area contributed by atoms with Crippen LogP contribution in [0.2, 0.25) is 0 Å². The summed E-state index contributed by atoms with van der Waals surface area (Å²) in [6.07, 6.45) is 5.30. The molecule has 0 aliphatic heterocycles. The van der Waals surface area contributed by atoms with Crippen LogP contribution in [0.3, 0.4) is 0 Å². The first kappa shape index (κ1) is 27.4. The van der Waals surface area contributed by atoms with Gasteiger partial charge in [-0.25, -0.2) is 4.98 Å². The van der Waals surface area contributed by atoms with Crippen LogP contribution in [-0.2, 0) is 5.41 Å². The van der Waals surface area contributed by atoms with E-state index in [1.807, 2.05) is 72.9 Å². The molecule has 0 aliphatic rings. The predicted octanol–water partition coefficient (Wildman–Crippen LogP) is 13.7. The summed E-state index contributed by atoms with van der Waals surface area (Å²) >= 11 is 0. The van der Waals surface area contributed by atoms with Crippen LogP contribution in [0.15, 0.2) is 182 Å². The van der Waals surface area contributed by atoms with Gasteiger partial charge < -0.3 is 4.74 Å². The Morgan fingerprint density at radius 2 is 1.35 bits per heavy atom. The van der Waals surface area contributed by atoms with Crippen LogP contribution in [0.5, 0.6) is 11.5 Å². The molecule has 0 spiro atoms. The number of aromatic nitrogens is 4. The third-order valence-corrected chi connectivity index (χ3v) is 10.9. The maximum atomic E-state index is 9.01. The molecule has 10 aromatic rings. The summed E-state index contributed by atoms with van der Waals surface area (Å²) in [5.41, 5.74) is 6.40. The van der Waals surface area contributed by atoms with Crippen LogP contribution in [0.1, 0.15) is 65.4 Å². The number of ether oxygens (including phenoxy) is 1. The molecule has 0 amide bonds. The first-order valence-corrected chi connectivity index (χ1v) is 19.9. The third-order valence-electron chi connectivity index (χ3n) is 10.9. The Hall–Kier alpha value is -7.24. The van der Waals surface area contributed by atoms with Gasteiger partial charge in [-0.2, -0.15) is 0 Å². The van der Waals surface area contributed by atoms with Crippen molar-refractivity contribution in [2.75, 3.05) is 0 Å². The fraction of sp³-hybridized carbons (Fsp3) is 0.127. The number of nitrogens with zero attached hydrogens (tertiary/aromatic N) is 4. The summed E-state index contributed by atoms with van der Waals surface area (Å²) in [5, 5.41) is 2.17. The Balaban J connectivity index is 1.15.